The van der Waals surface area contributed by atoms with Gasteiger partial charge in [0.25, 0.3) is 0 Å². The third kappa shape index (κ3) is 2.58. The minimum Gasteiger partial charge on any atom is -0.395 e. The lowest BCUT2D eigenvalue weighted by molar-refractivity contribution is 0.0681. The van der Waals surface area contributed by atoms with Gasteiger partial charge in [-0.25, -0.2) is 0 Å². The summed E-state index contributed by atoms with van der Waals surface area (Å²) in [7, 11) is 0. The van der Waals surface area contributed by atoms with Crippen molar-refractivity contribution in [3.63, 3.8) is 0 Å². The number of aliphatic hydroxyl groups is 1. The Hall–Kier alpha value is -0.120. The number of nitrogens with two attached hydrogens (primary N) is 1. The largest absolute Gasteiger partial charge is 0.395 e. The zero-order chi connectivity index (χ0) is 11.5. The zero-order valence-electron chi connectivity index (χ0n) is 10.4. The van der Waals surface area contributed by atoms with Crippen LogP contribution >= 0.6 is 0 Å². The molecule has 2 aliphatic carbocycles. The lowest BCUT2D eigenvalue weighted by Gasteiger charge is -2.38. The SMILES string of the molecule is CCN(C1CCCC1)C(CO)C(N)C1CC1. The van der Waals surface area contributed by atoms with Gasteiger partial charge in [0.1, 0.15) is 0 Å². The highest BCUT2D eigenvalue weighted by Crippen LogP contribution is 2.35. The number of nitrogens with zero attached hydrogens (tertiary/aromatic N) is 1. The summed E-state index contributed by atoms with van der Waals surface area (Å²) in [4.78, 5) is 2.47. The highest BCUT2D eigenvalue weighted by Gasteiger charge is 2.38. The van der Waals surface area contributed by atoms with Crippen LogP contribution < -0.4 is 5.73 Å². The molecule has 16 heavy (non-hydrogen) atoms. The molecule has 0 aromatic rings. The number of hydrogen-bond acceptors (Lipinski definition) is 3. The van der Waals surface area contributed by atoms with Crippen molar-refractivity contribution < 1.29 is 5.11 Å². The van der Waals surface area contributed by atoms with Crippen LogP contribution in [0.1, 0.15) is 45.4 Å². The van der Waals surface area contributed by atoms with E-state index in [0.717, 1.165) is 6.54 Å². The second-order valence-electron chi connectivity index (χ2n) is 5.43. The Morgan fingerprint density at radius 1 is 1.25 bits per heavy atom. The first-order chi connectivity index (χ1) is 7.77. The van der Waals surface area contributed by atoms with Crippen molar-refractivity contribution in [3.8, 4) is 0 Å². The second kappa shape index (κ2) is 5.48. The summed E-state index contributed by atoms with van der Waals surface area (Å²) in [6.07, 6.45) is 7.80. The van der Waals surface area contributed by atoms with Gasteiger partial charge < -0.3 is 10.8 Å². The molecule has 0 spiro atoms. The van der Waals surface area contributed by atoms with E-state index in [1.165, 1.54) is 38.5 Å². The molecule has 0 aliphatic heterocycles. The Morgan fingerprint density at radius 2 is 1.88 bits per heavy atom. The fourth-order valence-corrected chi connectivity index (χ4v) is 3.24. The molecule has 3 N–H and O–H groups in total. The molecule has 2 rings (SSSR count). The van der Waals surface area contributed by atoms with Crippen molar-refractivity contribution in [2.24, 2.45) is 11.7 Å². The van der Waals surface area contributed by atoms with E-state index < -0.39 is 0 Å². The smallest absolute Gasteiger partial charge is 0.0602 e. The van der Waals surface area contributed by atoms with E-state index >= 15 is 0 Å². The third-order valence-corrected chi connectivity index (χ3v) is 4.38. The average Bonchev–Trinajstić information content (AvgIpc) is 3.02. The van der Waals surface area contributed by atoms with Gasteiger partial charge in [-0.05, 0) is 38.1 Å². The van der Waals surface area contributed by atoms with Gasteiger partial charge in [0.15, 0.2) is 0 Å². The standard InChI is InChI=1S/C13H26N2O/c1-2-15(11-5-3-4-6-11)12(9-16)13(14)10-7-8-10/h10-13,16H,2-9,14H2,1H3. The van der Waals surface area contributed by atoms with Crippen LogP contribution in [0.2, 0.25) is 0 Å². The van der Waals surface area contributed by atoms with Gasteiger partial charge in [0.05, 0.1) is 6.61 Å². The maximum atomic E-state index is 9.61. The van der Waals surface area contributed by atoms with Crippen LogP contribution in [-0.2, 0) is 0 Å². The molecule has 2 unspecified atom stereocenters. The molecule has 2 fully saturated rings. The molecule has 2 aliphatic rings. The Bertz CT molecular complexity index is 204. The molecule has 0 radical (unpaired) electrons. The lowest BCUT2D eigenvalue weighted by Crippen LogP contribution is -2.54. The molecule has 0 saturated heterocycles. The summed E-state index contributed by atoms with van der Waals surface area (Å²) in [6, 6.07) is 1.05. The summed E-state index contributed by atoms with van der Waals surface area (Å²) >= 11 is 0. The van der Waals surface area contributed by atoms with Crippen molar-refractivity contribution in [1.29, 1.82) is 0 Å². The highest BCUT2D eigenvalue weighted by atomic mass is 16.3. The first-order valence-corrected chi connectivity index (χ1v) is 6.90. The fourth-order valence-electron chi connectivity index (χ4n) is 3.24. The Labute approximate surface area is 99.0 Å². The van der Waals surface area contributed by atoms with Crippen LogP contribution in [0.15, 0.2) is 0 Å². The van der Waals surface area contributed by atoms with Gasteiger partial charge in [0.2, 0.25) is 0 Å². The topological polar surface area (TPSA) is 49.5 Å². The summed E-state index contributed by atoms with van der Waals surface area (Å²) in [6.45, 7) is 3.44. The maximum absolute atomic E-state index is 9.61. The minimum absolute atomic E-state index is 0.186. The first kappa shape index (κ1) is 12.3. The number of rotatable bonds is 6. The second-order valence-corrected chi connectivity index (χ2v) is 5.43. The van der Waals surface area contributed by atoms with Crippen LogP contribution in [0.4, 0.5) is 0 Å². The Morgan fingerprint density at radius 3 is 2.31 bits per heavy atom. The van der Waals surface area contributed by atoms with Crippen molar-refractivity contribution in [3.05, 3.63) is 0 Å². The molecule has 94 valence electrons. The molecular weight excluding hydrogens is 200 g/mol. The highest BCUT2D eigenvalue weighted by molar-refractivity contribution is 4.95. The van der Waals surface area contributed by atoms with E-state index in [0.29, 0.717) is 12.0 Å². The summed E-state index contributed by atoms with van der Waals surface area (Å²) in [5.74, 6) is 0.674. The van der Waals surface area contributed by atoms with E-state index in [1.807, 2.05) is 0 Å². The van der Waals surface area contributed by atoms with Crippen molar-refractivity contribution in [2.45, 2.75) is 63.6 Å². The van der Waals surface area contributed by atoms with E-state index in [1.54, 1.807) is 0 Å². The van der Waals surface area contributed by atoms with E-state index in [-0.39, 0.29) is 18.7 Å². The van der Waals surface area contributed by atoms with Crippen LogP contribution in [0.25, 0.3) is 0 Å². The quantitative estimate of drug-likeness (QED) is 0.719. The molecule has 0 aromatic carbocycles. The molecule has 2 saturated carbocycles. The number of hydrogen-bond donors (Lipinski definition) is 2. The van der Waals surface area contributed by atoms with Gasteiger partial charge in [-0.15, -0.1) is 0 Å². The molecule has 0 heterocycles. The molecule has 2 atom stereocenters. The molecule has 0 aromatic heterocycles. The van der Waals surface area contributed by atoms with Gasteiger partial charge >= 0.3 is 0 Å². The van der Waals surface area contributed by atoms with Crippen LogP contribution in [-0.4, -0.2) is 41.3 Å². The monoisotopic (exact) mass is 226 g/mol. The summed E-state index contributed by atoms with van der Waals surface area (Å²) < 4.78 is 0. The Kier molecular flexibility index (Phi) is 4.22. The normalized spacial score (nSPS) is 26.2. The van der Waals surface area contributed by atoms with E-state index in [9.17, 15) is 5.11 Å². The van der Waals surface area contributed by atoms with E-state index in [4.69, 9.17) is 5.73 Å². The summed E-state index contributed by atoms with van der Waals surface area (Å²) in [5, 5.41) is 9.61. The lowest BCUT2D eigenvalue weighted by atomic mass is 10.0. The predicted octanol–water partition coefficient (Wildman–Crippen LogP) is 1.35. The van der Waals surface area contributed by atoms with E-state index in [2.05, 4.69) is 11.8 Å². The minimum atomic E-state index is 0.186. The van der Waals surface area contributed by atoms with Crippen LogP contribution in [0.3, 0.4) is 0 Å². The number of aliphatic hydroxyl groups excluding tert-OH is 1. The summed E-state index contributed by atoms with van der Waals surface area (Å²) in [5.41, 5.74) is 6.28. The van der Waals surface area contributed by atoms with Gasteiger partial charge in [-0.3, -0.25) is 4.90 Å². The predicted molar refractivity (Wildman–Crippen MR) is 66.2 cm³/mol. The van der Waals surface area contributed by atoms with Gasteiger partial charge in [-0.2, -0.15) is 0 Å². The van der Waals surface area contributed by atoms with Crippen molar-refractivity contribution in [1.82, 2.24) is 4.90 Å². The van der Waals surface area contributed by atoms with Gasteiger partial charge in [-0.1, -0.05) is 19.8 Å². The van der Waals surface area contributed by atoms with Crippen LogP contribution in [0.5, 0.6) is 0 Å². The maximum Gasteiger partial charge on any atom is 0.0602 e. The fraction of sp³-hybridized carbons (Fsp3) is 1.00. The molecule has 0 amide bonds. The van der Waals surface area contributed by atoms with Crippen molar-refractivity contribution in [2.75, 3.05) is 13.2 Å². The number of likely N-dealkylation sites (N-methyl/N-ethyl adjacent to an activating group) is 1. The average molecular weight is 226 g/mol. The molecular formula is C13H26N2O. The van der Waals surface area contributed by atoms with Crippen LogP contribution in [0, 0.1) is 5.92 Å². The van der Waals surface area contributed by atoms with Gasteiger partial charge in [0, 0.05) is 18.1 Å². The van der Waals surface area contributed by atoms with Crippen molar-refractivity contribution >= 4 is 0 Å². The molecule has 3 nitrogen and oxygen atoms in total. The Balaban J connectivity index is 1.97. The third-order valence-electron chi connectivity index (χ3n) is 4.38. The molecule has 0 bridgehead atoms. The first-order valence-electron chi connectivity index (χ1n) is 6.90. The zero-order valence-corrected chi connectivity index (χ0v) is 10.4. The molecule has 3 heteroatoms.